The Morgan fingerprint density at radius 2 is 1.22 bits per heavy atom. The molecule has 0 spiro atoms. The summed E-state index contributed by atoms with van der Waals surface area (Å²) < 4.78 is 2.05. The Labute approximate surface area is 315 Å². The van der Waals surface area contributed by atoms with E-state index >= 15 is 0 Å². The minimum absolute atomic E-state index is 0.668. The highest BCUT2D eigenvalue weighted by Crippen LogP contribution is 2.38. The van der Waals surface area contributed by atoms with Gasteiger partial charge >= 0.3 is 0 Å². The summed E-state index contributed by atoms with van der Waals surface area (Å²) in [6, 6.07) is 51.8. The number of allylic oxidation sites excluding steroid dienone is 5. The Morgan fingerprint density at radius 1 is 0.574 bits per heavy atom. The van der Waals surface area contributed by atoms with Crippen molar-refractivity contribution in [1.29, 1.82) is 0 Å². The lowest BCUT2D eigenvalue weighted by Crippen LogP contribution is -2.10. The Balaban J connectivity index is 1.03. The Hall–Kier alpha value is -7.11. The number of hydrogen-bond donors (Lipinski definition) is 0. The predicted octanol–water partition coefficient (Wildman–Crippen LogP) is 12.3. The number of fused-ring (bicyclic) bond motifs is 2. The average Bonchev–Trinajstić information content (AvgIpc) is 3.68. The van der Waals surface area contributed by atoms with Gasteiger partial charge in [0.2, 0.25) is 0 Å². The van der Waals surface area contributed by atoms with Gasteiger partial charge in [-0.3, -0.25) is 9.98 Å². The molecule has 1 aliphatic heterocycles. The molecule has 0 saturated heterocycles. The minimum Gasteiger partial charge on any atom is -0.311 e. The number of pyridine rings is 2. The Bertz CT molecular complexity index is 2650. The second-order valence-corrected chi connectivity index (χ2v) is 13.3. The molecule has 0 aliphatic carbocycles. The lowest BCUT2D eigenvalue weighted by molar-refractivity contribution is 1.19. The maximum Gasteiger partial charge on any atom is 0.137 e. The number of rotatable bonds is 7. The molecule has 3 aromatic heterocycles. The first-order valence-electron chi connectivity index (χ1n) is 18.3. The van der Waals surface area contributed by atoms with E-state index in [9.17, 15) is 0 Å². The van der Waals surface area contributed by atoms with Crippen molar-refractivity contribution < 1.29 is 0 Å². The second-order valence-electron chi connectivity index (χ2n) is 13.3. The van der Waals surface area contributed by atoms with Crippen molar-refractivity contribution in [3.63, 3.8) is 0 Å². The fourth-order valence-corrected chi connectivity index (χ4v) is 7.00. The lowest BCUT2D eigenvalue weighted by atomic mass is 10.0. The summed E-state index contributed by atoms with van der Waals surface area (Å²) in [6.07, 6.45) is 19.4. The molecule has 0 fully saturated rings. The summed E-state index contributed by atoms with van der Waals surface area (Å²) in [5, 5.41) is 1.13. The molecule has 4 heterocycles. The molecule has 0 saturated carbocycles. The van der Waals surface area contributed by atoms with Gasteiger partial charge in [0.1, 0.15) is 5.65 Å². The molecule has 0 radical (unpaired) electrons. The van der Waals surface area contributed by atoms with Crippen LogP contribution in [0, 0.1) is 0 Å². The predicted molar refractivity (Wildman–Crippen MR) is 226 cm³/mol. The fourth-order valence-electron chi connectivity index (χ4n) is 7.00. The highest BCUT2D eigenvalue weighted by Gasteiger charge is 2.14. The van der Waals surface area contributed by atoms with Crippen LogP contribution in [-0.2, 0) is 0 Å². The van der Waals surface area contributed by atoms with E-state index in [0.29, 0.717) is 6.54 Å². The molecule has 0 bridgehead atoms. The first-order valence-corrected chi connectivity index (χ1v) is 18.3. The normalized spacial score (nSPS) is 15.7. The van der Waals surface area contributed by atoms with Gasteiger partial charge in [-0.1, -0.05) is 103 Å². The van der Waals surface area contributed by atoms with Crippen molar-refractivity contribution in [2.24, 2.45) is 4.99 Å². The molecule has 5 aromatic carbocycles. The van der Waals surface area contributed by atoms with Crippen LogP contribution >= 0.6 is 0 Å². The van der Waals surface area contributed by atoms with Gasteiger partial charge < -0.3 is 9.30 Å². The average molecular weight is 696 g/mol. The first-order chi connectivity index (χ1) is 26.7. The van der Waals surface area contributed by atoms with Gasteiger partial charge in [0, 0.05) is 52.8 Å². The zero-order valence-electron chi connectivity index (χ0n) is 29.7. The van der Waals surface area contributed by atoms with Crippen LogP contribution in [0.2, 0.25) is 0 Å². The van der Waals surface area contributed by atoms with E-state index in [-0.39, 0.29) is 0 Å². The van der Waals surface area contributed by atoms with Gasteiger partial charge in [0.05, 0.1) is 17.8 Å². The van der Waals surface area contributed by atoms with Crippen LogP contribution in [0.15, 0.2) is 200 Å². The number of anilines is 3. The topological polar surface area (TPSA) is 45.8 Å². The summed E-state index contributed by atoms with van der Waals surface area (Å²) in [7, 11) is 0. The van der Waals surface area contributed by atoms with E-state index in [0.717, 1.165) is 68.0 Å². The van der Waals surface area contributed by atoms with Crippen LogP contribution in [0.1, 0.15) is 12.0 Å². The molecule has 9 rings (SSSR count). The van der Waals surface area contributed by atoms with Crippen molar-refractivity contribution >= 4 is 45.4 Å². The summed E-state index contributed by atoms with van der Waals surface area (Å²) in [6.45, 7) is 0.668. The molecule has 5 heteroatoms. The molecule has 0 atom stereocenters. The first kappa shape index (κ1) is 32.8. The molecule has 54 heavy (non-hydrogen) atoms. The number of benzene rings is 5. The SMILES string of the molecule is C1=C\C/C=C(c2ccc(N(c3ccc(-c4ccc(-c5cn6ccccc6n5)cc4)cc3)c3ccc(-c4ccc5ncccc5c4)cc3)cc2)\C=C/C\N=C/1. The molecule has 0 amide bonds. The van der Waals surface area contributed by atoms with E-state index < -0.39 is 0 Å². The van der Waals surface area contributed by atoms with E-state index in [1.54, 1.807) is 0 Å². The van der Waals surface area contributed by atoms with E-state index in [4.69, 9.17) is 4.98 Å². The monoisotopic (exact) mass is 695 g/mol. The van der Waals surface area contributed by atoms with E-state index in [2.05, 4.69) is 171 Å². The molecule has 8 aromatic rings. The van der Waals surface area contributed by atoms with Crippen molar-refractivity contribution in [3.8, 4) is 33.5 Å². The fraction of sp³-hybridized carbons (Fsp3) is 0.0408. The summed E-state index contributed by atoms with van der Waals surface area (Å²) in [5.74, 6) is 0. The number of hydrogen-bond acceptors (Lipinski definition) is 4. The van der Waals surface area contributed by atoms with E-state index in [1.807, 2.05) is 48.9 Å². The number of aliphatic imine (C=N–C) groups is 1. The highest BCUT2D eigenvalue weighted by atomic mass is 15.1. The van der Waals surface area contributed by atoms with Gasteiger partial charge in [0.15, 0.2) is 0 Å². The van der Waals surface area contributed by atoms with Crippen LogP contribution < -0.4 is 4.90 Å². The minimum atomic E-state index is 0.668. The van der Waals surface area contributed by atoms with Crippen LogP contribution in [0.25, 0.3) is 55.6 Å². The maximum absolute atomic E-state index is 4.80. The van der Waals surface area contributed by atoms with Gasteiger partial charge in [0.25, 0.3) is 0 Å². The molecular formula is C49H37N5. The van der Waals surface area contributed by atoms with Crippen LogP contribution in [0.5, 0.6) is 0 Å². The number of imidazole rings is 1. The largest absolute Gasteiger partial charge is 0.311 e. The summed E-state index contributed by atoms with van der Waals surface area (Å²) in [4.78, 5) is 16.0. The van der Waals surface area contributed by atoms with Crippen molar-refractivity contribution in [3.05, 3.63) is 200 Å². The zero-order valence-corrected chi connectivity index (χ0v) is 29.7. The van der Waals surface area contributed by atoms with Crippen LogP contribution in [0.4, 0.5) is 17.1 Å². The number of aromatic nitrogens is 3. The van der Waals surface area contributed by atoms with Crippen molar-refractivity contribution in [2.45, 2.75) is 6.42 Å². The Morgan fingerprint density at radius 3 is 1.94 bits per heavy atom. The quantitative estimate of drug-likeness (QED) is 0.167. The molecule has 0 unspecified atom stereocenters. The molecule has 1 aliphatic rings. The maximum atomic E-state index is 4.80. The molecule has 5 nitrogen and oxygen atoms in total. The second kappa shape index (κ2) is 14.9. The smallest absolute Gasteiger partial charge is 0.137 e. The van der Waals surface area contributed by atoms with Gasteiger partial charge in [-0.25, -0.2) is 4.98 Å². The summed E-state index contributed by atoms with van der Waals surface area (Å²) in [5.41, 5.74) is 14.3. The lowest BCUT2D eigenvalue weighted by Gasteiger charge is -2.26. The molecular weight excluding hydrogens is 659 g/mol. The zero-order chi connectivity index (χ0) is 36.1. The van der Waals surface area contributed by atoms with Gasteiger partial charge in [-0.15, -0.1) is 0 Å². The third-order valence-electron chi connectivity index (χ3n) is 9.83. The third kappa shape index (κ3) is 6.91. The number of nitrogens with zero attached hydrogens (tertiary/aromatic N) is 5. The summed E-state index contributed by atoms with van der Waals surface area (Å²) >= 11 is 0. The Kier molecular flexibility index (Phi) is 9.02. The third-order valence-corrected chi connectivity index (χ3v) is 9.83. The molecule has 258 valence electrons. The standard InChI is InChI=1S/C49H37N5/c1-2-8-36(9-6-31-50-30-4-1)38-16-23-44(24-17-38)54(46-27-20-40(21-28-46)42-22-29-47-43(34-42)10-7-32-51-47)45-25-18-39(19-26-45)37-12-14-41(15-13-37)48-35-53-33-5-3-11-49(53)52-48/h1,3-30,32-35H,2,31H2/b4-1-,9-6-,36-8+,50-30-. The van der Waals surface area contributed by atoms with Gasteiger partial charge in [-0.05, 0) is 113 Å². The van der Waals surface area contributed by atoms with Crippen LogP contribution in [0.3, 0.4) is 0 Å². The highest BCUT2D eigenvalue weighted by molar-refractivity contribution is 5.86. The van der Waals surface area contributed by atoms with Crippen molar-refractivity contribution in [2.75, 3.05) is 11.4 Å². The van der Waals surface area contributed by atoms with Crippen LogP contribution in [-0.4, -0.2) is 27.1 Å². The van der Waals surface area contributed by atoms with Crippen molar-refractivity contribution in [1.82, 2.24) is 14.4 Å². The van der Waals surface area contributed by atoms with Gasteiger partial charge in [-0.2, -0.15) is 0 Å². The van der Waals surface area contributed by atoms with E-state index in [1.165, 1.54) is 16.7 Å². The molecule has 0 N–H and O–H groups in total.